The molecule has 3 N–H and O–H groups in total. The topological polar surface area (TPSA) is 91.4 Å². The van der Waals surface area contributed by atoms with Crippen molar-refractivity contribution >= 4 is 17.2 Å². The molecule has 1 amide bonds. The van der Waals surface area contributed by atoms with E-state index in [4.69, 9.17) is 15.8 Å². The van der Waals surface area contributed by atoms with Crippen molar-refractivity contribution in [1.29, 1.82) is 5.26 Å². The average molecular weight is 266 g/mol. The van der Waals surface area contributed by atoms with Crippen molar-refractivity contribution in [3.8, 4) is 6.07 Å². The van der Waals surface area contributed by atoms with E-state index >= 15 is 0 Å². The Morgan fingerprint density at radius 1 is 1.78 bits per heavy atom. The standard InChI is InChI=1S/C11H14N4O2S/c12-5-9-7-15(2-3-17-9)6-8-1-4-18-10(8)11(16)14-13/h1,4,9H,2-3,6-7,13H2,(H,14,16). The second-order valence-corrected chi connectivity index (χ2v) is 4.89. The molecular formula is C11H14N4O2S. The van der Waals surface area contributed by atoms with Crippen LogP contribution in [0.2, 0.25) is 0 Å². The van der Waals surface area contributed by atoms with Gasteiger partial charge in [0, 0.05) is 19.6 Å². The summed E-state index contributed by atoms with van der Waals surface area (Å²) in [4.78, 5) is 14.3. The van der Waals surface area contributed by atoms with Crippen LogP contribution in [0.15, 0.2) is 11.4 Å². The van der Waals surface area contributed by atoms with Crippen LogP contribution >= 0.6 is 11.3 Å². The molecule has 7 heteroatoms. The smallest absolute Gasteiger partial charge is 0.275 e. The largest absolute Gasteiger partial charge is 0.361 e. The van der Waals surface area contributed by atoms with Crippen LogP contribution < -0.4 is 11.3 Å². The zero-order chi connectivity index (χ0) is 13.0. The van der Waals surface area contributed by atoms with Crippen molar-refractivity contribution < 1.29 is 9.53 Å². The molecule has 1 aliphatic rings. The summed E-state index contributed by atoms with van der Waals surface area (Å²) in [5, 5.41) is 10.7. The summed E-state index contributed by atoms with van der Waals surface area (Å²) in [6.45, 7) is 2.50. The number of thiophene rings is 1. The molecule has 2 heterocycles. The maximum Gasteiger partial charge on any atom is 0.275 e. The van der Waals surface area contributed by atoms with Gasteiger partial charge in [-0.3, -0.25) is 15.1 Å². The van der Waals surface area contributed by atoms with E-state index in [1.54, 1.807) is 0 Å². The lowest BCUT2D eigenvalue weighted by Crippen LogP contribution is -2.41. The first-order valence-electron chi connectivity index (χ1n) is 5.55. The number of nitrogen functional groups attached to an aromatic ring is 1. The van der Waals surface area contributed by atoms with Crippen LogP contribution in [0, 0.1) is 11.3 Å². The Labute approximate surface area is 109 Å². The van der Waals surface area contributed by atoms with Crippen molar-refractivity contribution in [2.75, 3.05) is 19.7 Å². The third-order valence-corrected chi connectivity index (χ3v) is 3.73. The van der Waals surface area contributed by atoms with Crippen LogP contribution in [-0.2, 0) is 11.3 Å². The summed E-state index contributed by atoms with van der Waals surface area (Å²) >= 11 is 1.36. The minimum atomic E-state index is -0.385. The lowest BCUT2D eigenvalue weighted by Gasteiger charge is -2.29. The third-order valence-electron chi connectivity index (χ3n) is 2.77. The number of rotatable bonds is 3. The zero-order valence-corrected chi connectivity index (χ0v) is 10.6. The molecular weight excluding hydrogens is 252 g/mol. The number of carbonyl (C=O) groups is 1. The van der Waals surface area contributed by atoms with E-state index in [-0.39, 0.29) is 12.0 Å². The molecule has 0 radical (unpaired) electrons. The summed E-state index contributed by atoms with van der Waals surface area (Å²) in [6, 6.07) is 4.01. The summed E-state index contributed by atoms with van der Waals surface area (Å²) in [5.74, 6) is 4.87. The molecule has 0 bridgehead atoms. The van der Waals surface area contributed by atoms with Gasteiger partial charge in [-0.1, -0.05) is 0 Å². The lowest BCUT2D eigenvalue weighted by molar-refractivity contribution is -0.00270. The molecule has 1 aromatic heterocycles. The first kappa shape index (κ1) is 13.0. The van der Waals surface area contributed by atoms with Gasteiger partial charge in [0.15, 0.2) is 6.10 Å². The molecule has 1 atom stereocenters. The molecule has 1 aromatic rings. The Morgan fingerprint density at radius 2 is 2.61 bits per heavy atom. The highest BCUT2D eigenvalue weighted by atomic mass is 32.1. The van der Waals surface area contributed by atoms with E-state index in [0.29, 0.717) is 24.6 Å². The van der Waals surface area contributed by atoms with Gasteiger partial charge in [0.2, 0.25) is 0 Å². The van der Waals surface area contributed by atoms with Crippen LogP contribution in [-0.4, -0.2) is 36.6 Å². The molecule has 96 valence electrons. The Balaban J connectivity index is 2.03. The van der Waals surface area contributed by atoms with E-state index < -0.39 is 0 Å². The van der Waals surface area contributed by atoms with Gasteiger partial charge in [0.25, 0.3) is 5.91 Å². The van der Waals surface area contributed by atoms with E-state index in [0.717, 1.165) is 12.1 Å². The molecule has 0 aromatic carbocycles. The quantitative estimate of drug-likeness (QED) is 0.459. The number of morpholine rings is 1. The third kappa shape index (κ3) is 2.86. The second kappa shape index (κ2) is 5.93. The van der Waals surface area contributed by atoms with Crippen LogP contribution in [0.25, 0.3) is 0 Å². The van der Waals surface area contributed by atoms with Gasteiger partial charge in [-0.05, 0) is 17.0 Å². The van der Waals surface area contributed by atoms with Crippen LogP contribution in [0.1, 0.15) is 15.2 Å². The number of carbonyl (C=O) groups excluding carboxylic acids is 1. The van der Waals surface area contributed by atoms with E-state index in [1.165, 1.54) is 11.3 Å². The molecule has 1 unspecified atom stereocenters. The Kier molecular flexibility index (Phi) is 4.28. The molecule has 1 saturated heterocycles. The molecule has 0 saturated carbocycles. The number of nitriles is 1. The molecule has 0 aliphatic carbocycles. The highest BCUT2D eigenvalue weighted by Gasteiger charge is 2.22. The van der Waals surface area contributed by atoms with Crippen LogP contribution in [0.3, 0.4) is 0 Å². The molecule has 1 aliphatic heterocycles. The highest BCUT2D eigenvalue weighted by Crippen LogP contribution is 2.19. The SMILES string of the molecule is N#CC1CN(Cc2ccsc2C(=O)NN)CCO1. The fourth-order valence-electron chi connectivity index (χ4n) is 1.89. The van der Waals surface area contributed by atoms with Gasteiger partial charge in [-0.2, -0.15) is 5.26 Å². The summed E-state index contributed by atoms with van der Waals surface area (Å²) in [7, 11) is 0. The molecule has 1 fully saturated rings. The van der Waals surface area contributed by atoms with Gasteiger partial charge in [0.05, 0.1) is 17.6 Å². The summed E-state index contributed by atoms with van der Waals surface area (Å²) < 4.78 is 5.28. The first-order valence-corrected chi connectivity index (χ1v) is 6.43. The number of nitrogens with one attached hydrogen (secondary N) is 1. The zero-order valence-electron chi connectivity index (χ0n) is 9.76. The number of ether oxygens (including phenoxy) is 1. The molecule has 6 nitrogen and oxygen atoms in total. The monoisotopic (exact) mass is 266 g/mol. The van der Waals surface area contributed by atoms with E-state index in [2.05, 4.69) is 16.4 Å². The lowest BCUT2D eigenvalue weighted by atomic mass is 10.2. The number of hydrazine groups is 1. The first-order chi connectivity index (χ1) is 8.74. The number of hydrogen-bond donors (Lipinski definition) is 2. The summed E-state index contributed by atoms with van der Waals surface area (Å²) in [6.07, 6.45) is -0.385. The van der Waals surface area contributed by atoms with Gasteiger partial charge >= 0.3 is 0 Å². The molecule has 0 spiro atoms. The Hall–Kier alpha value is -1.46. The van der Waals surface area contributed by atoms with Crippen molar-refractivity contribution in [2.45, 2.75) is 12.6 Å². The normalized spacial score (nSPS) is 20.3. The molecule has 18 heavy (non-hydrogen) atoms. The predicted molar refractivity (Wildman–Crippen MR) is 66.6 cm³/mol. The minimum Gasteiger partial charge on any atom is -0.361 e. The van der Waals surface area contributed by atoms with Crippen LogP contribution in [0.4, 0.5) is 0 Å². The Morgan fingerprint density at radius 3 is 3.33 bits per heavy atom. The second-order valence-electron chi connectivity index (χ2n) is 3.97. The Bertz CT molecular complexity index is 468. The fourth-order valence-corrected chi connectivity index (χ4v) is 2.71. The number of hydrogen-bond acceptors (Lipinski definition) is 6. The van der Waals surface area contributed by atoms with Crippen molar-refractivity contribution in [3.63, 3.8) is 0 Å². The maximum absolute atomic E-state index is 11.5. The van der Waals surface area contributed by atoms with Crippen molar-refractivity contribution in [2.24, 2.45) is 5.84 Å². The van der Waals surface area contributed by atoms with Gasteiger partial charge in [-0.25, -0.2) is 5.84 Å². The minimum absolute atomic E-state index is 0.273. The number of nitrogens with zero attached hydrogens (tertiary/aromatic N) is 2. The summed E-state index contributed by atoms with van der Waals surface area (Å²) in [5.41, 5.74) is 3.07. The van der Waals surface area contributed by atoms with Gasteiger partial charge < -0.3 is 4.74 Å². The van der Waals surface area contributed by atoms with Crippen LogP contribution in [0.5, 0.6) is 0 Å². The van der Waals surface area contributed by atoms with E-state index in [9.17, 15) is 4.79 Å². The highest BCUT2D eigenvalue weighted by molar-refractivity contribution is 7.12. The van der Waals surface area contributed by atoms with E-state index in [1.807, 2.05) is 11.4 Å². The van der Waals surface area contributed by atoms with Gasteiger partial charge in [-0.15, -0.1) is 11.3 Å². The number of amides is 1. The predicted octanol–water partition coefficient (Wildman–Crippen LogP) is 0.0760. The van der Waals surface area contributed by atoms with Gasteiger partial charge in [0.1, 0.15) is 0 Å². The van der Waals surface area contributed by atoms with Crippen molar-refractivity contribution in [3.05, 3.63) is 21.9 Å². The number of nitrogens with two attached hydrogens (primary N) is 1. The average Bonchev–Trinajstić information content (AvgIpc) is 2.86. The maximum atomic E-state index is 11.5. The molecule has 2 rings (SSSR count). The van der Waals surface area contributed by atoms with Crippen molar-refractivity contribution in [1.82, 2.24) is 10.3 Å². The fraction of sp³-hybridized carbons (Fsp3) is 0.455.